The molecule has 278 valence electrons. The third-order valence-corrected chi connectivity index (χ3v) is 14.2. The number of fused-ring (bicyclic) bond motifs is 4. The van der Waals surface area contributed by atoms with Gasteiger partial charge in [0.1, 0.15) is 5.75 Å². The smallest absolute Gasteiger partial charge is 0.264 e. The molecule has 2 aliphatic heterocycles. The fourth-order valence-electron chi connectivity index (χ4n) is 8.56. The Morgan fingerprint density at radius 3 is 2.69 bits per heavy atom. The minimum atomic E-state index is -4.01. The summed E-state index contributed by atoms with van der Waals surface area (Å²) in [6, 6.07) is 11.4. The molecule has 0 aromatic heterocycles. The van der Waals surface area contributed by atoms with Crippen LogP contribution in [0.1, 0.15) is 73.9 Å². The van der Waals surface area contributed by atoms with Gasteiger partial charge in [-0.15, -0.1) is 0 Å². The van der Waals surface area contributed by atoms with E-state index in [-0.39, 0.29) is 41.1 Å². The Morgan fingerprint density at radius 2 is 1.96 bits per heavy atom. The molecule has 0 radical (unpaired) electrons. The summed E-state index contributed by atoms with van der Waals surface area (Å²) < 4.78 is 47.7. The third kappa shape index (κ3) is 7.54. The molecule has 1 saturated carbocycles. The molecule has 2 amide bonds. The molecule has 2 heterocycles. The quantitative estimate of drug-likeness (QED) is 0.372. The maximum atomic E-state index is 13.7. The van der Waals surface area contributed by atoms with Crippen molar-refractivity contribution in [2.75, 3.05) is 59.0 Å². The number of halogens is 1. The van der Waals surface area contributed by atoms with Gasteiger partial charge in [0.15, 0.2) is 0 Å². The summed E-state index contributed by atoms with van der Waals surface area (Å²) >= 11 is 6.46. The predicted molar refractivity (Wildman–Crippen MR) is 199 cm³/mol. The van der Waals surface area contributed by atoms with Gasteiger partial charge < -0.3 is 24.0 Å². The summed E-state index contributed by atoms with van der Waals surface area (Å²) in [6.07, 6.45) is 9.25. The van der Waals surface area contributed by atoms with Crippen LogP contribution in [0.4, 0.5) is 5.69 Å². The fourth-order valence-corrected chi connectivity index (χ4v) is 10.0. The Hall–Kier alpha value is -3.12. The molecule has 0 saturated heterocycles. The first-order valence-electron chi connectivity index (χ1n) is 18.1. The minimum Gasteiger partial charge on any atom is -0.490 e. The number of hydrogen-bond donors (Lipinski definition) is 1. The summed E-state index contributed by atoms with van der Waals surface area (Å²) in [5.41, 5.74) is 2.25. The molecule has 12 heteroatoms. The van der Waals surface area contributed by atoms with Crippen LogP contribution in [0, 0.1) is 17.8 Å². The van der Waals surface area contributed by atoms with E-state index in [0.717, 1.165) is 37.8 Å². The third-order valence-electron chi connectivity index (χ3n) is 12.1. The van der Waals surface area contributed by atoms with Gasteiger partial charge >= 0.3 is 0 Å². The van der Waals surface area contributed by atoms with E-state index < -0.39 is 26.8 Å². The van der Waals surface area contributed by atoms with Crippen molar-refractivity contribution in [1.29, 1.82) is 0 Å². The van der Waals surface area contributed by atoms with Gasteiger partial charge in [-0.2, -0.15) is 0 Å². The molecular formula is C39H52ClN3O7S. The highest BCUT2D eigenvalue weighted by atomic mass is 35.5. The first-order valence-corrected chi connectivity index (χ1v) is 20.1. The lowest BCUT2D eigenvalue weighted by molar-refractivity contribution is -0.142. The van der Waals surface area contributed by atoms with Crippen molar-refractivity contribution in [1.82, 2.24) is 9.62 Å². The van der Waals surface area contributed by atoms with Crippen LogP contribution in [0.2, 0.25) is 5.02 Å². The Balaban J connectivity index is 1.44. The van der Waals surface area contributed by atoms with Gasteiger partial charge in [-0.1, -0.05) is 36.7 Å². The first kappa shape index (κ1) is 37.6. The van der Waals surface area contributed by atoms with Crippen molar-refractivity contribution in [3.8, 4) is 5.75 Å². The highest BCUT2D eigenvalue weighted by Crippen LogP contribution is 2.50. The number of anilines is 1. The second-order valence-corrected chi connectivity index (χ2v) is 17.6. The minimum absolute atomic E-state index is 0.0235. The zero-order chi connectivity index (χ0) is 36.6. The zero-order valence-corrected chi connectivity index (χ0v) is 32.0. The summed E-state index contributed by atoms with van der Waals surface area (Å²) in [4.78, 5) is 31.3. The standard InChI is InChI=1S/C39H52ClN3O7S/c1-26-8-6-17-39(49-5,22-36(44)42(3)18-19-48-4)33-13-10-30(33)23-43-24-38(16-7-9-28-20-31(40)12-14-32(28)38)25-50-35-15-11-29(21-34(35)43)37(45)41-51(46,47)27(26)2/h6,11-12,14-15,17,20-21,26-27,30,33H,7-10,13,16,18-19,22-25H2,1-5H3,(H,41,45)/b17-6-/t26-,27+,30-,33+,38-,39+/m0/s1. The van der Waals surface area contributed by atoms with E-state index in [0.29, 0.717) is 50.0 Å². The van der Waals surface area contributed by atoms with Gasteiger partial charge in [-0.05, 0) is 105 Å². The normalized spacial score (nSPS) is 30.9. The second kappa shape index (κ2) is 15.1. The monoisotopic (exact) mass is 741 g/mol. The molecule has 2 aromatic rings. The SMILES string of the molecule is COCCN(C)C(=O)C[C@]1(OC)/C=C\C[C@H](C)[C@@H](C)S(=O)(=O)NC(=O)c2ccc3c(c2)N(C[C@@H]2CC[C@H]21)C[C@@]1(CCCc2cc(Cl)ccc21)CO3. The first-order chi connectivity index (χ1) is 24.3. The van der Waals surface area contributed by atoms with Crippen molar-refractivity contribution in [2.24, 2.45) is 17.8 Å². The van der Waals surface area contributed by atoms with Crippen molar-refractivity contribution >= 4 is 39.1 Å². The molecule has 51 heavy (non-hydrogen) atoms. The van der Waals surface area contributed by atoms with Gasteiger partial charge in [0, 0.05) is 56.9 Å². The van der Waals surface area contributed by atoms with Crippen LogP contribution in [0.15, 0.2) is 48.6 Å². The number of nitrogens with zero attached hydrogens (tertiary/aromatic N) is 2. The van der Waals surface area contributed by atoms with Gasteiger partial charge in [-0.25, -0.2) is 13.1 Å². The molecule has 2 aromatic carbocycles. The summed E-state index contributed by atoms with van der Waals surface area (Å²) in [6.45, 7) is 6.13. The molecule has 10 nitrogen and oxygen atoms in total. The molecule has 2 bridgehead atoms. The maximum Gasteiger partial charge on any atom is 0.264 e. The summed E-state index contributed by atoms with van der Waals surface area (Å²) in [5, 5.41) is -0.138. The average Bonchev–Trinajstić information content (AvgIpc) is 3.24. The van der Waals surface area contributed by atoms with E-state index >= 15 is 0 Å². The number of methoxy groups -OCH3 is 2. The predicted octanol–water partition coefficient (Wildman–Crippen LogP) is 5.76. The highest BCUT2D eigenvalue weighted by molar-refractivity contribution is 7.90. The van der Waals surface area contributed by atoms with E-state index in [4.69, 9.17) is 25.8 Å². The molecule has 1 fully saturated rings. The molecule has 1 spiro atoms. The summed E-state index contributed by atoms with van der Waals surface area (Å²) in [7, 11) is 1.06. The number of allylic oxidation sites excluding steroid dienone is 1. The van der Waals surface area contributed by atoms with Crippen LogP contribution < -0.4 is 14.4 Å². The Labute approximate surface area is 307 Å². The van der Waals surface area contributed by atoms with E-state index in [9.17, 15) is 18.0 Å². The largest absolute Gasteiger partial charge is 0.490 e. The number of sulfonamides is 1. The topological polar surface area (TPSA) is 114 Å². The molecule has 6 atom stereocenters. The Kier molecular flexibility index (Phi) is 11.1. The van der Waals surface area contributed by atoms with Crippen LogP contribution in [-0.2, 0) is 36.1 Å². The van der Waals surface area contributed by atoms with E-state index in [1.165, 1.54) is 11.1 Å². The molecular weight excluding hydrogens is 690 g/mol. The Bertz CT molecular complexity index is 1770. The van der Waals surface area contributed by atoms with Gasteiger partial charge in [-0.3, -0.25) is 9.59 Å². The number of amides is 2. The fraction of sp³-hybridized carbons (Fsp3) is 0.590. The van der Waals surface area contributed by atoms with Crippen LogP contribution in [0.5, 0.6) is 5.75 Å². The van der Waals surface area contributed by atoms with Crippen molar-refractivity contribution in [3.05, 3.63) is 70.3 Å². The second-order valence-electron chi connectivity index (χ2n) is 15.2. The number of rotatable bonds is 6. The van der Waals surface area contributed by atoms with E-state index in [1.54, 1.807) is 51.3 Å². The molecule has 0 unspecified atom stereocenters. The number of hydrogen-bond acceptors (Lipinski definition) is 8. The van der Waals surface area contributed by atoms with Crippen molar-refractivity contribution < 1.29 is 32.2 Å². The van der Waals surface area contributed by atoms with Crippen molar-refractivity contribution in [3.63, 3.8) is 0 Å². The van der Waals surface area contributed by atoms with E-state index in [1.807, 2.05) is 25.1 Å². The molecule has 4 aliphatic rings. The number of benzene rings is 2. The molecule has 2 aliphatic carbocycles. The van der Waals surface area contributed by atoms with Crippen LogP contribution >= 0.6 is 11.6 Å². The number of carbonyl (C=O) groups is 2. The van der Waals surface area contributed by atoms with E-state index in [2.05, 4.69) is 21.8 Å². The highest BCUT2D eigenvalue weighted by Gasteiger charge is 2.50. The Morgan fingerprint density at radius 1 is 1.16 bits per heavy atom. The summed E-state index contributed by atoms with van der Waals surface area (Å²) in [5.74, 6) is -0.168. The molecule has 6 rings (SSSR count). The lowest BCUT2D eigenvalue weighted by Gasteiger charge is -2.50. The average molecular weight is 742 g/mol. The lowest BCUT2D eigenvalue weighted by atomic mass is 9.62. The van der Waals surface area contributed by atoms with Crippen LogP contribution in [0.25, 0.3) is 0 Å². The number of ether oxygens (including phenoxy) is 3. The van der Waals surface area contributed by atoms with Gasteiger partial charge in [0.2, 0.25) is 15.9 Å². The van der Waals surface area contributed by atoms with Gasteiger partial charge in [0.25, 0.3) is 5.91 Å². The number of aryl methyl sites for hydroxylation is 1. The van der Waals surface area contributed by atoms with Crippen LogP contribution in [-0.4, -0.2) is 90.1 Å². The van der Waals surface area contributed by atoms with Gasteiger partial charge in [0.05, 0.1) is 36.2 Å². The number of carbonyl (C=O) groups excluding carboxylic acids is 2. The number of likely N-dealkylation sites (N-methyl/N-ethyl adjacent to an activating group) is 1. The lowest BCUT2D eigenvalue weighted by Crippen LogP contribution is -2.54. The maximum absolute atomic E-state index is 13.7. The number of nitrogens with one attached hydrogen (secondary N) is 1. The van der Waals surface area contributed by atoms with Crippen molar-refractivity contribution in [2.45, 2.75) is 75.1 Å². The van der Waals surface area contributed by atoms with Crippen LogP contribution in [0.3, 0.4) is 0 Å². The molecule has 1 N–H and O–H groups in total. The zero-order valence-electron chi connectivity index (χ0n) is 30.5.